The first-order valence-corrected chi connectivity index (χ1v) is 6.70. The average Bonchev–Trinajstić information content (AvgIpc) is 2.45. The molecule has 0 saturated carbocycles. The normalized spacial score (nSPS) is 10.3. The van der Waals surface area contributed by atoms with Crippen LogP contribution in [0.3, 0.4) is 0 Å². The topological polar surface area (TPSA) is 20.3 Å². The van der Waals surface area contributed by atoms with Crippen LogP contribution >= 0.6 is 11.6 Å². The number of carbonyl (C=O) groups is 1. The molecule has 0 bridgehead atoms. The molecule has 2 nitrogen and oxygen atoms in total. The third-order valence-electron chi connectivity index (χ3n) is 3.10. The van der Waals surface area contributed by atoms with Gasteiger partial charge in [0.1, 0.15) is 5.82 Å². The Balaban J connectivity index is 1.99. The quantitative estimate of drug-likeness (QED) is 0.770. The van der Waals surface area contributed by atoms with Gasteiger partial charge in [-0.25, -0.2) is 4.39 Å². The monoisotopic (exact) mass is 291 g/mol. The number of carbonyl (C=O) groups excluding carboxylic acids is 1. The number of anilines is 1. The van der Waals surface area contributed by atoms with E-state index in [0.29, 0.717) is 23.6 Å². The van der Waals surface area contributed by atoms with Crippen molar-refractivity contribution in [3.8, 4) is 0 Å². The molecule has 0 heterocycles. The Bertz CT molecular complexity index is 615. The molecule has 2 aromatic rings. The maximum absolute atomic E-state index is 13.1. The van der Waals surface area contributed by atoms with Gasteiger partial charge in [0.05, 0.1) is 5.02 Å². The predicted octanol–water partition coefficient (Wildman–Crippen LogP) is 4.19. The Hall–Kier alpha value is -1.87. The molecule has 0 aromatic heterocycles. The summed E-state index contributed by atoms with van der Waals surface area (Å²) in [6, 6.07) is 13.3. The Morgan fingerprint density at radius 1 is 1.20 bits per heavy atom. The summed E-state index contributed by atoms with van der Waals surface area (Å²) in [7, 11) is 1.83. The third kappa shape index (κ3) is 3.58. The summed E-state index contributed by atoms with van der Waals surface area (Å²) in [5, 5.41) is 0.464. The number of benzene rings is 2. The fourth-order valence-electron chi connectivity index (χ4n) is 1.93. The first-order chi connectivity index (χ1) is 9.58. The van der Waals surface area contributed by atoms with Crippen LogP contribution in [0.2, 0.25) is 5.02 Å². The van der Waals surface area contributed by atoms with E-state index in [9.17, 15) is 9.18 Å². The fraction of sp³-hybridized carbons (Fsp3) is 0.188. The zero-order chi connectivity index (χ0) is 14.5. The van der Waals surface area contributed by atoms with Gasteiger partial charge in [0.2, 0.25) is 0 Å². The molecule has 2 aromatic carbocycles. The fourth-order valence-corrected chi connectivity index (χ4v) is 2.18. The van der Waals surface area contributed by atoms with Crippen LogP contribution in [0, 0.1) is 5.82 Å². The van der Waals surface area contributed by atoms with Crippen molar-refractivity contribution in [1.29, 1.82) is 0 Å². The van der Waals surface area contributed by atoms with Crippen LogP contribution in [0.4, 0.5) is 10.1 Å². The van der Waals surface area contributed by atoms with Gasteiger partial charge >= 0.3 is 0 Å². The van der Waals surface area contributed by atoms with E-state index < -0.39 is 0 Å². The summed E-state index contributed by atoms with van der Waals surface area (Å²) in [6.45, 7) is 0.507. The largest absolute Gasteiger partial charge is 0.374 e. The molecule has 0 atom stereocenters. The molecule has 2 rings (SSSR count). The lowest BCUT2D eigenvalue weighted by atomic mass is 10.1. The van der Waals surface area contributed by atoms with E-state index in [1.807, 2.05) is 18.0 Å². The third-order valence-corrected chi connectivity index (χ3v) is 3.43. The van der Waals surface area contributed by atoms with Crippen LogP contribution in [0.5, 0.6) is 0 Å². The van der Waals surface area contributed by atoms with E-state index in [1.165, 1.54) is 12.1 Å². The van der Waals surface area contributed by atoms with Crippen molar-refractivity contribution >= 4 is 23.1 Å². The molecule has 20 heavy (non-hydrogen) atoms. The number of rotatable bonds is 5. The second-order valence-corrected chi connectivity index (χ2v) is 4.96. The van der Waals surface area contributed by atoms with Gasteiger partial charge in [-0.2, -0.15) is 0 Å². The minimum Gasteiger partial charge on any atom is -0.374 e. The Morgan fingerprint density at radius 2 is 1.95 bits per heavy atom. The summed E-state index contributed by atoms with van der Waals surface area (Å²) in [6.07, 6.45) is 0.330. The smallest absolute Gasteiger partial charge is 0.166 e. The summed E-state index contributed by atoms with van der Waals surface area (Å²) >= 11 is 5.99. The Labute approximate surface area is 122 Å². The first kappa shape index (κ1) is 14.5. The summed E-state index contributed by atoms with van der Waals surface area (Å²) in [4.78, 5) is 13.9. The van der Waals surface area contributed by atoms with E-state index in [0.717, 1.165) is 5.69 Å². The lowest BCUT2D eigenvalue weighted by molar-refractivity contribution is 0.0985. The van der Waals surface area contributed by atoms with Crippen LogP contribution in [0.1, 0.15) is 16.8 Å². The van der Waals surface area contributed by atoms with E-state index in [4.69, 9.17) is 11.6 Å². The number of Topliss-reactive ketones (excluding diaryl/α,β-unsaturated/α-hetero) is 1. The van der Waals surface area contributed by atoms with Crippen molar-refractivity contribution in [2.45, 2.75) is 6.42 Å². The molecule has 0 saturated heterocycles. The Kier molecular flexibility index (Phi) is 4.74. The molecule has 0 aliphatic rings. The van der Waals surface area contributed by atoms with Crippen molar-refractivity contribution in [2.24, 2.45) is 0 Å². The predicted molar refractivity (Wildman–Crippen MR) is 80.1 cm³/mol. The van der Waals surface area contributed by atoms with Crippen molar-refractivity contribution in [3.63, 3.8) is 0 Å². The molecular weight excluding hydrogens is 277 g/mol. The zero-order valence-electron chi connectivity index (χ0n) is 11.1. The van der Waals surface area contributed by atoms with Crippen LogP contribution in [-0.2, 0) is 0 Å². The molecule has 4 heteroatoms. The van der Waals surface area contributed by atoms with Crippen LogP contribution in [0.15, 0.2) is 48.5 Å². The van der Waals surface area contributed by atoms with Crippen molar-refractivity contribution < 1.29 is 9.18 Å². The Morgan fingerprint density at radius 3 is 2.65 bits per heavy atom. The maximum atomic E-state index is 13.1. The van der Waals surface area contributed by atoms with E-state index in [2.05, 4.69) is 0 Å². The number of ketones is 1. The van der Waals surface area contributed by atoms with E-state index in [-0.39, 0.29) is 11.6 Å². The van der Waals surface area contributed by atoms with Crippen molar-refractivity contribution in [3.05, 3.63) is 64.9 Å². The van der Waals surface area contributed by atoms with E-state index in [1.54, 1.807) is 30.3 Å². The minimum absolute atomic E-state index is 0.0150. The van der Waals surface area contributed by atoms with Gasteiger partial charge in [-0.05, 0) is 30.3 Å². The highest BCUT2D eigenvalue weighted by molar-refractivity contribution is 6.33. The van der Waals surface area contributed by atoms with Gasteiger partial charge in [-0.1, -0.05) is 29.8 Å². The molecule has 0 aliphatic carbocycles. The molecule has 0 unspecified atom stereocenters. The van der Waals surface area contributed by atoms with Crippen LogP contribution in [0.25, 0.3) is 0 Å². The first-order valence-electron chi connectivity index (χ1n) is 6.32. The van der Waals surface area contributed by atoms with Crippen LogP contribution in [-0.4, -0.2) is 19.4 Å². The molecular formula is C16H15ClFNO. The highest BCUT2D eigenvalue weighted by Gasteiger charge is 2.11. The lowest BCUT2D eigenvalue weighted by Crippen LogP contribution is -2.21. The lowest BCUT2D eigenvalue weighted by Gasteiger charge is -2.18. The van der Waals surface area contributed by atoms with Crippen molar-refractivity contribution in [2.75, 3.05) is 18.5 Å². The number of hydrogen-bond acceptors (Lipinski definition) is 2. The van der Waals surface area contributed by atoms with Gasteiger partial charge in [0.25, 0.3) is 0 Å². The standard InChI is InChI=1S/C16H15ClFNO/c1-19(13-6-4-5-12(18)11-13)10-9-16(20)14-7-2-3-8-15(14)17/h2-8,11H,9-10H2,1H3. The van der Waals surface area contributed by atoms with E-state index >= 15 is 0 Å². The van der Waals surface area contributed by atoms with Gasteiger partial charge in [-0.3, -0.25) is 4.79 Å². The highest BCUT2D eigenvalue weighted by Crippen LogP contribution is 2.18. The zero-order valence-corrected chi connectivity index (χ0v) is 11.9. The SMILES string of the molecule is CN(CCC(=O)c1ccccc1Cl)c1cccc(F)c1. The van der Waals surface area contributed by atoms with Crippen LogP contribution < -0.4 is 4.90 Å². The van der Waals surface area contributed by atoms with Gasteiger partial charge in [0.15, 0.2) is 5.78 Å². The number of halogens is 2. The summed E-state index contributed by atoms with van der Waals surface area (Å²) in [5.41, 5.74) is 1.28. The summed E-state index contributed by atoms with van der Waals surface area (Å²) < 4.78 is 13.1. The molecule has 0 amide bonds. The molecule has 0 aliphatic heterocycles. The highest BCUT2D eigenvalue weighted by atomic mass is 35.5. The molecule has 104 valence electrons. The average molecular weight is 292 g/mol. The number of nitrogens with zero attached hydrogens (tertiary/aromatic N) is 1. The van der Waals surface area contributed by atoms with Gasteiger partial charge in [0, 0.05) is 31.3 Å². The van der Waals surface area contributed by atoms with Crippen molar-refractivity contribution in [1.82, 2.24) is 0 Å². The number of hydrogen-bond donors (Lipinski definition) is 0. The molecule has 0 fully saturated rings. The molecule has 0 radical (unpaired) electrons. The van der Waals surface area contributed by atoms with Gasteiger partial charge in [-0.15, -0.1) is 0 Å². The molecule has 0 spiro atoms. The maximum Gasteiger partial charge on any atom is 0.166 e. The second-order valence-electron chi connectivity index (χ2n) is 4.55. The second kappa shape index (κ2) is 6.53. The minimum atomic E-state index is -0.285. The molecule has 0 N–H and O–H groups in total. The van der Waals surface area contributed by atoms with Gasteiger partial charge < -0.3 is 4.90 Å². The summed E-state index contributed by atoms with van der Waals surface area (Å²) in [5.74, 6) is -0.300.